The Hall–Kier alpha value is -1.92. The lowest BCUT2D eigenvalue weighted by Gasteiger charge is -2.20. The van der Waals surface area contributed by atoms with Crippen molar-refractivity contribution in [3.05, 3.63) is 40.9 Å². The van der Waals surface area contributed by atoms with E-state index in [0.29, 0.717) is 24.1 Å². The number of rotatable bonds is 7. The highest BCUT2D eigenvalue weighted by Gasteiger charge is 2.18. The van der Waals surface area contributed by atoms with E-state index >= 15 is 0 Å². The Morgan fingerprint density at radius 3 is 3.04 bits per heavy atom. The number of nitrogens with zero attached hydrogens (tertiary/aromatic N) is 1. The van der Waals surface area contributed by atoms with Gasteiger partial charge in [0.15, 0.2) is 5.13 Å². The van der Waals surface area contributed by atoms with E-state index in [-0.39, 0.29) is 5.91 Å². The fourth-order valence-electron chi connectivity index (χ4n) is 2.95. The van der Waals surface area contributed by atoms with E-state index < -0.39 is 0 Å². The number of piperidine rings is 1. The molecule has 1 aliphatic heterocycles. The molecule has 134 valence electrons. The summed E-state index contributed by atoms with van der Waals surface area (Å²) < 4.78 is 5.62. The second-order valence-electron chi connectivity index (χ2n) is 6.31. The Morgan fingerprint density at radius 1 is 1.40 bits per heavy atom. The molecule has 5 nitrogen and oxygen atoms in total. The van der Waals surface area contributed by atoms with Crippen molar-refractivity contribution in [3.8, 4) is 5.75 Å². The fraction of sp³-hybridized carbons (Fsp3) is 0.474. The topological polar surface area (TPSA) is 63.2 Å². The van der Waals surface area contributed by atoms with E-state index in [1.807, 2.05) is 30.5 Å². The number of hydrogen-bond acceptors (Lipinski definition) is 5. The van der Waals surface area contributed by atoms with Gasteiger partial charge in [-0.1, -0.05) is 19.1 Å². The van der Waals surface area contributed by atoms with Crippen LogP contribution in [0.1, 0.15) is 42.5 Å². The number of hydrogen-bond donors (Lipinski definition) is 2. The van der Waals surface area contributed by atoms with Gasteiger partial charge in [0.05, 0.1) is 13.0 Å². The van der Waals surface area contributed by atoms with E-state index in [1.165, 1.54) is 4.88 Å². The Kier molecular flexibility index (Phi) is 6.42. The zero-order chi connectivity index (χ0) is 17.5. The van der Waals surface area contributed by atoms with E-state index in [1.54, 1.807) is 11.3 Å². The molecular formula is C19H25N3O2S. The second-order valence-corrected chi connectivity index (χ2v) is 7.38. The molecule has 0 radical (unpaired) electrons. The van der Waals surface area contributed by atoms with Crippen LogP contribution in [0.15, 0.2) is 30.5 Å². The number of ether oxygens (including phenoxy) is 1. The second kappa shape index (κ2) is 8.97. The summed E-state index contributed by atoms with van der Waals surface area (Å²) in [5.74, 6) is 1.34. The van der Waals surface area contributed by atoms with Crippen LogP contribution in [0.25, 0.3) is 0 Å². The summed E-state index contributed by atoms with van der Waals surface area (Å²) in [6, 6.07) is 7.72. The van der Waals surface area contributed by atoms with Crippen molar-refractivity contribution < 1.29 is 9.53 Å². The van der Waals surface area contributed by atoms with Gasteiger partial charge in [-0.25, -0.2) is 4.98 Å². The Morgan fingerprint density at radius 2 is 2.24 bits per heavy atom. The van der Waals surface area contributed by atoms with Gasteiger partial charge in [-0.2, -0.15) is 0 Å². The average molecular weight is 359 g/mol. The van der Waals surface area contributed by atoms with Crippen LogP contribution in [0, 0.1) is 0 Å². The van der Waals surface area contributed by atoms with Crippen LogP contribution < -0.4 is 15.4 Å². The first-order valence-corrected chi connectivity index (χ1v) is 9.74. The van der Waals surface area contributed by atoms with Crippen molar-refractivity contribution in [1.82, 2.24) is 10.3 Å². The van der Waals surface area contributed by atoms with Crippen molar-refractivity contribution in [2.24, 2.45) is 0 Å². The maximum absolute atomic E-state index is 12.3. The Bertz CT molecular complexity index is 695. The predicted octanol–water partition coefficient (Wildman–Crippen LogP) is 3.58. The molecule has 0 bridgehead atoms. The van der Waals surface area contributed by atoms with Crippen molar-refractivity contribution in [3.63, 3.8) is 0 Å². The first-order valence-electron chi connectivity index (χ1n) is 8.92. The summed E-state index contributed by atoms with van der Waals surface area (Å²) in [7, 11) is 0. The van der Waals surface area contributed by atoms with Crippen LogP contribution >= 0.6 is 11.3 Å². The molecule has 1 aromatic heterocycles. The number of carbonyl (C=O) groups excluding carboxylic acids is 1. The van der Waals surface area contributed by atoms with Crippen molar-refractivity contribution in [2.75, 3.05) is 25.0 Å². The molecule has 0 unspecified atom stereocenters. The first-order chi connectivity index (χ1) is 12.2. The number of anilines is 1. The number of thiazole rings is 1. The van der Waals surface area contributed by atoms with Gasteiger partial charge in [-0.3, -0.25) is 4.79 Å². The Labute approximate surface area is 152 Å². The molecule has 6 heteroatoms. The van der Waals surface area contributed by atoms with Gasteiger partial charge in [0.2, 0.25) is 5.91 Å². The third-order valence-electron chi connectivity index (χ3n) is 4.25. The smallest absolute Gasteiger partial charge is 0.230 e. The molecule has 1 aromatic carbocycles. The summed E-state index contributed by atoms with van der Waals surface area (Å²) in [5.41, 5.74) is 0.946. The number of benzene rings is 1. The third kappa shape index (κ3) is 5.28. The minimum absolute atomic E-state index is 0.0427. The highest BCUT2D eigenvalue weighted by atomic mass is 32.1. The van der Waals surface area contributed by atoms with Gasteiger partial charge in [0, 0.05) is 11.1 Å². The third-order valence-corrected chi connectivity index (χ3v) is 5.32. The molecule has 2 heterocycles. The minimum atomic E-state index is -0.0427. The van der Waals surface area contributed by atoms with Gasteiger partial charge in [0.25, 0.3) is 0 Å². The normalized spacial score (nSPS) is 15.1. The molecule has 0 spiro atoms. The minimum Gasteiger partial charge on any atom is -0.494 e. The largest absolute Gasteiger partial charge is 0.494 e. The quantitative estimate of drug-likeness (QED) is 0.793. The van der Waals surface area contributed by atoms with Crippen LogP contribution in [-0.2, 0) is 11.2 Å². The number of nitrogens with one attached hydrogen (secondary N) is 2. The van der Waals surface area contributed by atoms with E-state index in [4.69, 9.17) is 4.74 Å². The highest BCUT2D eigenvalue weighted by molar-refractivity contribution is 7.15. The lowest BCUT2D eigenvalue weighted by molar-refractivity contribution is -0.115. The van der Waals surface area contributed by atoms with Crippen molar-refractivity contribution in [1.29, 1.82) is 0 Å². The van der Waals surface area contributed by atoms with Crippen molar-refractivity contribution in [2.45, 2.75) is 38.5 Å². The summed E-state index contributed by atoms with van der Waals surface area (Å²) >= 11 is 1.60. The van der Waals surface area contributed by atoms with Gasteiger partial charge in [0.1, 0.15) is 5.75 Å². The molecule has 0 aliphatic carbocycles. The maximum atomic E-state index is 12.3. The van der Waals surface area contributed by atoms with E-state index in [9.17, 15) is 4.79 Å². The first kappa shape index (κ1) is 17.9. The van der Waals surface area contributed by atoms with Crippen LogP contribution in [0.4, 0.5) is 5.13 Å². The molecule has 1 fully saturated rings. The van der Waals surface area contributed by atoms with Gasteiger partial charge in [-0.15, -0.1) is 11.3 Å². The molecule has 25 heavy (non-hydrogen) atoms. The molecule has 1 amide bonds. The Balaban J connectivity index is 1.55. The van der Waals surface area contributed by atoms with Gasteiger partial charge < -0.3 is 15.4 Å². The van der Waals surface area contributed by atoms with Crippen molar-refractivity contribution >= 4 is 22.4 Å². The van der Waals surface area contributed by atoms with Crippen LogP contribution in [0.5, 0.6) is 5.75 Å². The number of aromatic nitrogens is 1. The molecule has 1 saturated heterocycles. The summed E-state index contributed by atoms with van der Waals surface area (Å²) in [6.07, 6.45) is 5.48. The number of amides is 1. The summed E-state index contributed by atoms with van der Waals surface area (Å²) in [5, 5.41) is 6.99. The lowest BCUT2D eigenvalue weighted by atomic mass is 9.97. The predicted molar refractivity (Wildman–Crippen MR) is 102 cm³/mol. The van der Waals surface area contributed by atoms with Crippen LogP contribution in [-0.4, -0.2) is 30.6 Å². The average Bonchev–Trinajstić information content (AvgIpc) is 3.09. The SMILES string of the molecule is CCCOc1cccc(CC(=O)Nc2ncc(C3CCNCC3)s2)c1. The monoisotopic (exact) mass is 359 g/mol. The molecule has 0 atom stereocenters. The standard InChI is InChI=1S/C19H25N3O2S/c1-2-10-24-16-5-3-4-14(11-16)12-18(23)22-19-21-13-17(25-19)15-6-8-20-9-7-15/h3-5,11,13,15,20H,2,6-10,12H2,1H3,(H,21,22,23). The zero-order valence-corrected chi connectivity index (χ0v) is 15.4. The molecule has 2 aromatic rings. The maximum Gasteiger partial charge on any atom is 0.230 e. The van der Waals surface area contributed by atoms with Crippen LogP contribution in [0.2, 0.25) is 0 Å². The lowest BCUT2D eigenvalue weighted by Crippen LogP contribution is -2.26. The van der Waals surface area contributed by atoms with Gasteiger partial charge >= 0.3 is 0 Å². The zero-order valence-electron chi connectivity index (χ0n) is 14.6. The van der Waals surface area contributed by atoms with E-state index in [2.05, 4.69) is 22.5 Å². The fourth-order valence-corrected chi connectivity index (χ4v) is 3.95. The number of carbonyl (C=O) groups is 1. The van der Waals surface area contributed by atoms with Crippen LogP contribution in [0.3, 0.4) is 0 Å². The highest BCUT2D eigenvalue weighted by Crippen LogP contribution is 2.31. The summed E-state index contributed by atoms with van der Waals surface area (Å²) in [4.78, 5) is 17.9. The van der Waals surface area contributed by atoms with Gasteiger partial charge in [-0.05, 0) is 56.0 Å². The molecular weight excluding hydrogens is 334 g/mol. The summed E-state index contributed by atoms with van der Waals surface area (Å²) in [6.45, 7) is 4.87. The molecule has 1 aliphatic rings. The molecule has 0 saturated carbocycles. The molecule has 3 rings (SSSR count). The molecule has 2 N–H and O–H groups in total. The van der Waals surface area contributed by atoms with E-state index in [0.717, 1.165) is 43.7 Å².